The van der Waals surface area contributed by atoms with Gasteiger partial charge in [-0.3, -0.25) is 4.79 Å². The van der Waals surface area contributed by atoms with Gasteiger partial charge in [0.1, 0.15) is 15.2 Å². The van der Waals surface area contributed by atoms with Gasteiger partial charge in [0.15, 0.2) is 5.69 Å². The summed E-state index contributed by atoms with van der Waals surface area (Å²) in [4.78, 5) is 19.6. The van der Waals surface area contributed by atoms with E-state index in [4.69, 9.17) is 23.2 Å². The van der Waals surface area contributed by atoms with Gasteiger partial charge in [-0.05, 0) is 30.1 Å². The summed E-state index contributed by atoms with van der Waals surface area (Å²) in [6, 6.07) is 7.87. The lowest BCUT2D eigenvalue weighted by Gasteiger charge is -2.02. The van der Waals surface area contributed by atoms with Crippen LogP contribution in [0.15, 0.2) is 24.3 Å². The van der Waals surface area contributed by atoms with Crippen LogP contribution in [0, 0.1) is 0 Å². The fourth-order valence-corrected chi connectivity index (χ4v) is 3.06. The fourth-order valence-electron chi connectivity index (χ4n) is 2.07. The molecule has 1 aromatic carbocycles. The van der Waals surface area contributed by atoms with E-state index in [-0.39, 0.29) is 16.6 Å². The number of carbonyl (C=O) groups excluding carboxylic acids is 1. The van der Waals surface area contributed by atoms with Gasteiger partial charge < -0.3 is 10.3 Å². The molecule has 0 saturated carbocycles. The van der Waals surface area contributed by atoms with Gasteiger partial charge in [0, 0.05) is 13.0 Å². The van der Waals surface area contributed by atoms with Crippen molar-refractivity contribution in [2.24, 2.45) is 0 Å². The van der Waals surface area contributed by atoms with Crippen LogP contribution >= 0.6 is 34.7 Å². The number of aromatic nitrogens is 3. The van der Waals surface area contributed by atoms with E-state index in [9.17, 15) is 4.79 Å². The predicted molar refractivity (Wildman–Crippen MR) is 88.9 cm³/mol. The highest BCUT2D eigenvalue weighted by molar-refractivity contribution is 7.11. The fraction of sp³-hybridized carbons (Fsp3) is 0.214. The quantitative estimate of drug-likeness (QED) is 0.686. The van der Waals surface area contributed by atoms with Gasteiger partial charge in [-0.2, -0.15) is 4.37 Å². The number of H-pyrrole nitrogens is 1. The molecule has 3 rings (SSSR count). The Morgan fingerprint density at radius 2 is 2.14 bits per heavy atom. The molecule has 0 atom stereocenters. The van der Waals surface area contributed by atoms with Crippen LogP contribution in [0.2, 0.25) is 9.36 Å². The highest BCUT2D eigenvalue weighted by Gasteiger charge is 2.16. The van der Waals surface area contributed by atoms with Gasteiger partial charge in [-0.15, -0.1) is 0 Å². The van der Waals surface area contributed by atoms with Crippen LogP contribution in [0.3, 0.4) is 0 Å². The molecule has 114 valence electrons. The number of hydrogen-bond acceptors (Lipinski definition) is 4. The molecule has 5 nitrogen and oxygen atoms in total. The van der Waals surface area contributed by atoms with E-state index in [2.05, 4.69) is 19.7 Å². The van der Waals surface area contributed by atoms with E-state index in [1.807, 2.05) is 24.3 Å². The Morgan fingerprint density at radius 1 is 1.32 bits per heavy atom. The molecule has 8 heteroatoms. The van der Waals surface area contributed by atoms with Crippen LogP contribution in [0.1, 0.15) is 22.7 Å². The van der Waals surface area contributed by atoms with Crippen molar-refractivity contribution in [2.45, 2.75) is 12.8 Å². The Kier molecular flexibility index (Phi) is 4.61. The van der Waals surface area contributed by atoms with Crippen molar-refractivity contribution in [3.63, 3.8) is 0 Å². The van der Waals surface area contributed by atoms with Crippen molar-refractivity contribution in [3.8, 4) is 0 Å². The summed E-state index contributed by atoms with van der Waals surface area (Å²) in [6.07, 6.45) is 1.52. The van der Waals surface area contributed by atoms with Crippen molar-refractivity contribution in [2.75, 3.05) is 6.54 Å². The van der Waals surface area contributed by atoms with E-state index in [0.29, 0.717) is 10.9 Å². The molecule has 2 aromatic heterocycles. The molecule has 0 fully saturated rings. The second kappa shape index (κ2) is 6.64. The number of halogens is 2. The zero-order valence-electron chi connectivity index (χ0n) is 11.4. The van der Waals surface area contributed by atoms with E-state index in [1.165, 1.54) is 0 Å². The average Bonchev–Trinajstić information content (AvgIpc) is 3.07. The molecule has 0 saturated heterocycles. The largest absolute Gasteiger partial charge is 0.351 e. The minimum Gasteiger partial charge on any atom is -0.351 e. The van der Waals surface area contributed by atoms with E-state index >= 15 is 0 Å². The van der Waals surface area contributed by atoms with Crippen LogP contribution < -0.4 is 5.32 Å². The van der Waals surface area contributed by atoms with Gasteiger partial charge in [-0.1, -0.05) is 35.3 Å². The topological polar surface area (TPSA) is 70.7 Å². The van der Waals surface area contributed by atoms with Gasteiger partial charge >= 0.3 is 0 Å². The predicted octanol–water partition coefficient (Wildman–Crippen LogP) is 3.69. The van der Waals surface area contributed by atoms with Crippen LogP contribution in [-0.2, 0) is 6.42 Å². The Morgan fingerprint density at radius 3 is 2.86 bits per heavy atom. The van der Waals surface area contributed by atoms with E-state index in [0.717, 1.165) is 41.2 Å². The number of aryl methyl sites for hydroxylation is 1. The molecule has 1 amide bonds. The van der Waals surface area contributed by atoms with Crippen molar-refractivity contribution in [1.82, 2.24) is 19.7 Å². The van der Waals surface area contributed by atoms with Gasteiger partial charge in [0.25, 0.3) is 5.91 Å². The maximum Gasteiger partial charge on any atom is 0.272 e. The third-order valence-electron chi connectivity index (χ3n) is 3.13. The first kappa shape index (κ1) is 15.3. The number of rotatable bonds is 5. The summed E-state index contributed by atoms with van der Waals surface area (Å²) in [6.45, 7) is 0.515. The first-order valence-corrected chi connectivity index (χ1v) is 8.20. The van der Waals surface area contributed by atoms with Crippen LogP contribution in [0.5, 0.6) is 0 Å². The zero-order valence-corrected chi connectivity index (χ0v) is 13.7. The Balaban J connectivity index is 1.51. The summed E-state index contributed by atoms with van der Waals surface area (Å²) in [7, 11) is 0. The summed E-state index contributed by atoms with van der Waals surface area (Å²) < 4.78 is 4.26. The smallest absolute Gasteiger partial charge is 0.272 e. The van der Waals surface area contributed by atoms with Crippen LogP contribution in [0.25, 0.3) is 11.0 Å². The first-order chi connectivity index (χ1) is 10.6. The van der Waals surface area contributed by atoms with Crippen molar-refractivity contribution >= 4 is 51.7 Å². The number of nitrogens with one attached hydrogen (secondary N) is 2. The Hall–Kier alpha value is -1.63. The molecule has 2 heterocycles. The van der Waals surface area contributed by atoms with Crippen LogP contribution in [-0.4, -0.2) is 26.8 Å². The number of hydrogen-bond donors (Lipinski definition) is 2. The van der Waals surface area contributed by atoms with Gasteiger partial charge in [0.05, 0.1) is 11.0 Å². The second-order valence-electron chi connectivity index (χ2n) is 4.68. The highest BCUT2D eigenvalue weighted by Crippen LogP contribution is 2.29. The van der Waals surface area contributed by atoms with Crippen molar-refractivity contribution in [1.29, 1.82) is 0 Å². The lowest BCUT2D eigenvalue weighted by Crippen LogP contribution is -2.25. The molecule has 0 aliphatic rings. The lowest BCUT2D eigenvalue weighted by molar-refractivity contribution is 0.0949. The normalized spacial score (nSPS) is 11.0. The number of nitrogens with zero attached hydrogens (tertiary/aromatic N) is 2. The summed E-state index contributed by atoms with van der Waals surface area (Å²) in [5, 5.41) is 2.99. The molecule has 0 unspecified atom stereocenters. The van der Waals surface area contributed by atoms with Gasteiger partial charge in [0.2, 0.25) is 0 Å². The monoisotopic (exact) mass is 354 g/mol. The van der Waals surface area contributed by atoms with E-state index < -0.39 is 0 Å². The number of carbonyl (C=O) groups is 1. The number of aromatic amines is 1. The minimum atomic E-state index is -0.308. The van der Waals surface area contributed by atoms with Crippen LogP contribution in [0.4, 0.5) is 0 Å². The average molecular weight is 355 g/mol. The van der Waals surface area contributed by atoms with Gasteiger partial charge in [-0.25, -0.2) is 4.98 Å². The summed E-state index contributed by atoms with van der Waals surface area (Å²) >= 11 is 12.7. The summed E-state index contributed by atoms with van der Waals surface area (Å²) in [5.74, 6) is 0.600. The molecule has 0 radical (unpaired) electrons. The molecule has 0 aliphatic heterocycles. The molecule has 0 bridgehead atoms. The molecular formula is C14H12Cl2N4OS. The standard InChI is InChI=1S/C14H12Cl2N4OS/c15-11-12(20-22-13(11)16)14(21)17-7-3-6-10-18-8-4-1-2-5-9(8)19-10/h1-2,4-5H,3,6-7H2,(H,17,21)(H,18,19). The van der Waals surface area contributed by atoms with E-state index in [1.54, 1.807) is 0 Å². The van der Waals surface area contributed by atoms with Crippen molar-refractivity contribution < 1.29 is 4.79 Å². The molecule has 22 heavy (non-hydrogen) atoms. The number of amides is 1. The third-order valence-corrected chi connectivity index (χ3v) is 4.74. The van der Waals surface area contributed by atoms with Crippen molar-refractivity contribution in [3.05, 3.63) is 45.1 Å². The Bertz CT molecular complexity index is 781. The zero-order chi connectivity index (χ0) is 15.5. The third kappa shape index (κ3) is 3.24. The first-order valence-electron chi connectivity index (χ1n) is 6.67. The highest BCUT2D eigenvalue weighted by atomic mass is 35.5. The molecule has 0 spiro atoms. The second-order valence-corrected chi connectivity index (χ2v) is 6.43. The number of fused-ring (bicyclic) bond motifs is 1. The molecule has 0 aliphatic carbocycles. The maximum atomic E-state index is 11.9. The molecule has 3 aromatic rings. The number of benzene rings is 1. The minimum absolute atomic E-state index is 0.181. The molecular weight excluding hydrogens is 343 g/mol. The lowest BCUT2D eigenvalue weighted by atomic mass is 10.3. The maximum absolute atomic E-state index is 11.9. The Labute approximate surface area is 140 Å². The summed E-state index contributed by atoms with van der Waals surface area (Å²) in [5.41, 5.74) is 2.15. The molecule has 2 N–H and O–H groups in total. The number of para-hydroxylation sites is 2. The number of imidazole rings is 1. The SMILES string of the molecule is O=C(NCCCc1nc2ccccc2[nH]1)c1nsc(Cl)c1Cl.